The lowest BCUT2D eigenvalue weighted by molar-refractivity contribution is -0.244. The van der Waals surface area contributed by atoms with Crippen LogP contribution >= 0.6 is 0 Å². The molecule has 0 heterocycles. The molecule has 0 aliphatic heterocycles. The van der Waals surface area contributed by atoms with E-state index in [9.17, 15) is 4.79 Å². The van der Waals surface area contributed by atoms with E-state index in [2.05, 4.69) is 25.7 Å². The van der Waals surface area contributed by atoms with Gasteiger partial charge in [-0.2, -0.15) is 5.26 Å². The first-order valence-electron chi connectivity index (χ1n) is 4.55. The molecular weight excluding hydrogens is 168 g/mol. The molecular formula is C10H20O3. The Balaban J connectivity index is 4.11. The second-order valence-corrected chi connectivity index (χ2v) is 5.32. The topological polar surface area (TPSA) is 46.5 Å². The monoisotopic (exact) mass is 188 g/mol. The highest BCUT2D eigenvalue weighted by atomic mass is 17.1. The number of hydrogen-bond donors (Lipinski definition) is 1. The third kappa shape index (κ3) is 4.88. The van der Waals surface area contributed by atoms with Crippen molar-refractivity contribution in [1.82, 2.24) is 0 Å². The molecule has 0 unspecified atom stereocenters. The highest BCUT2D eigenvalue weighted by Gasteiger charge is 2.31. The summed E-state index contributed by atoms with van der Waals surface area (Å²) in [4.78, 5) is 14.8. The Morgan fingerprint density at radius 2 is 1.62 bits per heavy atom. The van der Waals surface area contributed by atoms with Gasteiger partial charge >= 0.3 is 5.97 Å². The summed E-state index contributed by atoms with van der Waals surface area (Å²) in [5.74, 6) is -0.559. The van der Waals surface area contributed by atoms with Crippen molar-refractivity contribution in [3.05, 3.63) is 0 Å². The maximum atomic E-state index is 11.1. The highest BCUT2D eigenvalue weighted by molar-refractivity contribution is 5.75. The average Bonchev–Trinajstić information content (AvgIpc) is 1.98. The van der Waals surface area contributed by atoms with Crippen molar-refractivity contribution >= 4 is 5.97 Å². The van der Waals surface area contributed by atoms with Crippen molar-refractivity contribution < 1.29 is 14.9 Å². The van der Waals surface area contributed by atoms with Crippen LogP contribution in [0.15, 0.2) is 0 Å². The van der Waals surface area contributed by atoms with Gasteiger partial charge in [0.05, 0.1) is 5.41 Å². The molecule has 13 heavy (non-hydrogen) atoms. The minimum Gasteiger partial charge on any atom is -0.300 e. The lowest BCUT2D eigenvalue weighted by Gasteiger charge is -2.25. The second kappa shape index (κ2) is 4.09. The van der Waals surface area contributed by atoms with E-state index in [0.717, 1.165) is 12.8 Å². The number of carbonyl (C=O) groups is 1. The minimum atomic E-state index is -0.595. The number of hydrogen-bond acceptors (Lipinski definition) is 3. The Bertz CT molecular complexity index is 177. The van der Waals surface area contributed by atoms with Crippen LogP contribution in [0.1, 0.15) is 47.5 Å². The fourth-order valence-electron chi connectivity index (χ4n) is 0.913. The van der Waals surface area contributed by atoms with Gasteiger partial charge in [-0.1, -0.05) is 20.8 Å². The van der Waals surface area contributed by atoms with Crippen LogP contribution in [0, 0.1) is 10.8 Å². The molecule has 78 valence electrons. The SMILES string of the molecule is CC(C)(C)CCC(C)(C)C(=O)OO. The van der Waals surface area contributed by atoms with Gasteiger partial charge in [-0.05, 0) is 32.1 Å². The molecule has 0 radical (unpaired) electrons. The normalized spacial score (nSPS) is 12.8. The van der Waals surface area contributed by atoms with Crippen molar-refractivity contribution in [1.29, 1.82) is 0 Å². The molecule has 0 rings (SSSR count). The summed E-state index contributed by atoms with van der Waals surface area (Å²) in [6, 6.07) is 0. The molecule has 3 nitrogen and oxygen atoms in total. The van der Waals surface area contributed by atoms with Crippen LogP contribution in [-0.2, 0) is 9.68 Å². The van der Waals surface area contributed by atoms with Crippen molar-refractivity contribution in [3.8, 4) is 0 Å². The fraction of sp³-hybridized carbons (Fsp3) is 0.900. The summed E-state index contributed by atoms with van der Waals surface area (Å²) in [7, 11) is 0. The zero-order valence-electron chi connectivity index (χ0n) is 9.18. The van der Waals surface area contributed by atoms with E-state index >= 15 is 0 Å². The summed E-state index contributed by atoms with van der Waals surface area (Å²) in [6.45, 7) is 9.91. The molecule has 0 spiro atoms. The van der Waals surface area contributed by atoms with Crippen LogP contribution < -0.4 is 0 Å². The lowest BCUT2D eigenvalue weighted by atomic mass is 9.80. The minimum absolute atomic E-state index is 0.201. The molecule has 0 aliphatic rings. The molecule has 0 saturated heterocycles. The third-order valence-electron chi connectivity index (χ3n) is 2.14. The standard InChI is InChI=1S/C10H20O3/c1-9(2,3)6-7-10(4,5)8(11)13-12/h12H,6-7H2,1-5H3. The van der Waals surface area contributed by atoms with Crippen molar-refractivity contribution in [2.75, 3.05) is 0 Å². The van der Waals surface area contributed by atoms with Crippen LogP contribution in [0.4, 0.5) is 0 Å². The molecule has 0 aromatic heterocycles. The van der Waals surface area contributed by atoms with Crippen LogP contribution in [0.2, 0.25) is 0 Å². The molecule has 0 atom stereocenters. The second-order valence-electron chi connectivity index (χ2n) is 5.32. The molecule has 0 aromatic rings. The zero-order chi connectivity index (χ0) is 10.7. The molecule has 0 aliphatic carbocycles. The van der Waals surface area contributed by atoms with E-state index in [-0.39, 0.29) is 5.41 Å². The van der Waals surface area contributed by atoms with Gasteiger partial charge in [-0.3, -0.25) is 0 Å². The summed E-state index contributed by atoms with van der Waals surface area (Å²) in [5.41, 5.74) is -0.394. The number of carbonyl (C=O) groups excluding carboxylic acids is 1. The average molecular weight is 188 g/mol. The van der Waals surface area contributed by atoms with E-state index in [1.807, 2.05) is 0 Å². The van der Waals surface area contributed by atoms with Crippen LogP contribution in [0.3, 0.4) is 0 Å². The fourth-order valence-corrected chi connectivity index (χ4v) is 0.913. The molecule has 0 bridgehead atoms. The van der Waals surface area contributed by atoms with E-state index in [0.29, 0.717) is 0 Å². The van der Waals surface area contributed by atoms with Crippen LogP contribution in [-0.4, -0.2) is 11.2 Å². The Morgan fingerprint density at radius 1 is 1.15 bits per heavy atom. The molecule has 0 amide bonds. The smallest absolute Gasteiger partial charge is 0.300 e. The molecule has 3 heteroatoms. The summed E-state index contributed by atoms with van der Waals surface area (Å²) < 4.78 is 0. The highest BCUT2D eigenvalue weighted by Crippen LogP contribution is 2.30. The van der Waals surface area contributed by atoms with Crippen LogP contribution in [0.5, 0.6) is 0 Å². The van der Waals surface area contributed by atoms with Crippen molar-refractivity contribution in [2.24, 2.45) is 10.8 Å². The van der Waals surface area contributed by atoms with Gasteiger partial charge in [0.1, 0.15) is 0 Å². The summed E-state index contributed by atoms with van der Waals surface area (Å²) in [6.07, 6.45) is 1.64. The molecule has 1 N–H and O–H groups in total. The lowest BCUT2D eigenvalue weighted by Crippen LogP contribution is -2.27. The maximum Gasteiger partial charge on any atom is 0.347 e. The summed E-state index contributed by atoms with van der Waals surface area (Å²) in [5, 5.41) is 8.25. The molecule has 0 fully saturated rings. The van der Waals surface area contributed by atoms with Gasteiger partial charge in [0.15, 0.2) is 0 Å². The van der Waals surface area contributed by atoms with E-state index in [1.165, 1.54) is 0 Å². The first-order chi connectivity index (χ1) is 5.69. The van der Waals surface area contributed by atoms with Crippen LogP contribution in [0.25, 0.3) is 0 Å². The van der Waals surface area contributed by atoms with Crippen molar-refractivity contribution in [3.63, 3.8) is 0 Å². The number of rotatable bonds is 3. The Hall–Kier alpha value is -0.570. The van der Waals surface area contributed by atoms with Gasteiger partial charge in [0.25, 0.3) is 0 Å². The van der Waals surface area contributed by atoms with Gasteiger partial charge in [-0.15, -0.1) is 0 Å². The molecule has 0 aromatic carbocycles. The zero-order valence-corrected chi connectivity index (χ0v) is 9.18. The van der Waals surface area contributed by atoms with E-state index in [4.69, 9.17) is 5.26 Å². The predicted octanol–water partition coefficient (Wildman–Crippen LogP) is 2.86. The largest absolute Gasteiger partial charge is 0.347 e. The molecule has 0 saturated carbocycles. The van der Waals surface area contributed by atoms with Gasteiger partial charge in [-0.25, -0.2) is 4.79 Å². The quantitative estimate of drug-likeness (QED) is 0.547. The Labute approximate surface area is 80.0 Å². The van der Waals surface area contributed by atoms with Gasteiger partial charge in [0, 0.05) is 0 Å². The first kappa shape index (κ1) is 12.4. The van der Waals surface area contributed by atoms with Gasteiger partial charge in [0.2, 0.25) is 0 Å². The first-order valence-corrected chi connectivity index (χ1v) is 4.55. The van der Waals surface area contributed by atoms with Crippen molar-refractivity contribution in [2.45, 2.75) is 47.5 Å². The summed E-state index contributed by atoms with van der Waals surface area (Å²) >= 11 is 0. The third-order valence-corrected chi connectivity index (χ3v) is 2.14. The maximum absolute atomic E-state index is 11.1. The van der Waals surface area contributed by atoms with E-state index in [1.54, 1.807) is 13.8 Å². The van der Waals surface area contributed by atoms with E-state index < -0.39 is 11.4 Å². The predicted molar refractivity (Wildman–Crippen MR) is 51.2 cm³/mol. The Kier molecular flexibility index (Phi) is 3.91. The van der Waals surface area contributed by atoms with Gasteiger partial charge < -0.3 is 4.89 Å². The Morgan fingerprint density at radius 3 is 1.92 bits per heavy atom.